The first kappa shape index (κ1) is 10.5. The molecule has 84 valence electrons. The Morgan fingerprint density at radius 3 is 3.12 bits per heavy atom. The molecule has 0 aliphatic heterocycles. The molecule has 2 aromatic rings. The van der Waals surface area contributed by atoms with Crippen LogP contribution in [0.1, 0.15) is 13.3 Å². The lowest BCUT2D eigenvalue weighted by Gasteiger charge is -2.13. The second-order valence-corrected chi connectivity index (χ2v) is 3.38. The van der Waals surface area contributed by atoms with Crippen LogP contribution < -0.4 is 4.74 Å². The number of ether oxygens (including phenoxy) is 1. The van der Waals surface area contributed by atoms with E-state index >= 15 is 0 Å². The van der Waals surface area contributed by atoms with E-state index in [9.17, 15) is 4.79 Å². The molecule has 5 heteroatoms. The van der Waals surface area contributed by atoms with Gasteiger partial charge in [-0.15, -0.1) is 0 Å². The third kappa shape index (κ3) is 1.84. The number of aromatic nitrogens is 2. The monoisotopic (exact) mass is 220 g/mol. The zero-order valence-electron chi connectivity index (χ0n) is 8.83. The number of carboxylic acids is 1. The smallest absolute Gasteiger partial charge is 0.344 e. The SMILES string of the molecule is CCC(Oc1cccn2ccnc12)C(=O)O. The maximum absolute atomic E-state index is 10.9. The summed E-state index contributed by atoms with van der Waals surface area (Å²) in [6, 6.07) is 3.51. The minimum absolute atomic E-state index is 0.414. The molecule has 1 atom stereocenters. The van der Waals surface area contributed by atoms with Gasteiger partial charge in [0.15, 0.2) is 17.5 Å². The van der Waals surface area contributed by atoms with Gasteiger partial charge in [-0.2, -0.15) is 0 Å². The van der Waals surface area contributed by atoms with Crippen molar-refractivity contribution >= 4 is 11.6 Å². The first-order chi connectivity index (χ1) is 7.72. The average molecular weight is 220 g/mol. The van der Waals surface area contributed by atoms with Gasteiger partial charge in [-0.05, 0) is 18.6 Å². The Hall–Kier alpha value is -2.04. The summed E-state index contributed by atoms with van der Waals surface area (Å²) in [5, 5.41) is 8.91. The molecule has 5 nitrogen and oxygen atoms in total. The lowest BCUT2D eigenvalue weighted by atomic mass is 10.3. The molecule has 1 N–H and O–H groups in total. The topological polar surface area (TPSA) is 63.8 Å². The molecule has 2 aromatic heterocycles. The van der Waals surface area contributed by atoms with Crippen molar-refractivity contribution in [3.05, 3.63) is 30.7 Å². The molecule has 2 rings (SSSR count). The summed E-state index contributed by atoms with van der Waals surface area (Å²) >= 11 is 0. The van der Waals surface area contributed by atoms with Crippen molar-refractivity contribution in [3.63, 3.8) is 0 Å². The number of carboxylic acid groups (broad SMARTS) is 1. The quantitative estimate of drug-likeness (QED) is 0.849. The van der Waals surface area contributed by atoms with E-state index in [1.165, 1.54) is 0 Å². The Kier molecular flexibility index (Phi) is 2.76. The molecule has 0 radical (unpaired) electrons. The molecule has 0 aliphatic carbocycles. The summed E-state index contributed by atoms with van der Waals surface area (Å²) in [4.78, 5) is 15.0. The van der Waals surface area contributed by atoms with E-state index < -0.39 is 12.1 Å². The summed E-state index contributed by atoms with van der Waals surface area (Å²) in [6.45, 7) is 1.77. The van der Waals surface area contributed by atoms with E-state index in [0.29, 0.717) is 17.8 Å². The van der Waals surface area contributed by atoms with E-state index in [1.54, 1.807) is 35.9 Å². The fraction of sp³-hybridized carbons (Fsp3) is 0.273. The van der Waals surface area contributed by atoms with Crippen LogP contribution in [-0.4, -0.2) is 26.6 Å². The summed E-state index contributed by atoms with van der Waals surface area (Å²) in [6.07, 6.45) is 4.84. The molecule has 0 saturated carbocycles. The third-order valence-corrected chi connectivity index (χ3v) is 2.30. The molecule has 0 aliphatic rings. The summed E-state index contributed by atoms with van der Waals surface area (Å²) < 4.78 is 7.20. The zero-order chi connectivity index (χ0) is 11.5. The maximum atomic E-state index is 10.9. The summed E-state index contributed by atoms with van der Waals surface area (Å²) in [7, 11) is 0. The third-order valence-electron chi connectivity index (χ3n) is 2.30. The van der Waals surface area contributed by atoms with Gasteiger partial charge in [0, 0.05) is 18.6 Å². The highest BCUT2D eigenvalue weighted by Crippen LogP contribution is 2.19. The largest absolute Gasteiger partial charge is 0.479 e. The Morgan fingerprint density at radius 1 is 1.62 bits per heavy atom. The van der Waals surface area contributed by atoms with Gasteiger partial charge in [0.2, 0.25) is 0 Å². The second kappa shape index (κ2) is 4.22. The Labute approximate surface area is 92.3 Å². The molecule has 0 amide bonds. The predicted molar refractivity (Wildman–Crippen MR) is 57.5 cm³/mol. The van der Waals surface area contributed by atoms with Crippen molar-refractivity contribution in [1.29, 1.82) is 0 Å². The summed E-state index contributed by atoms with van der Waals surface area (Å²) in [5.41, 5.74) is 0.627. The molecular weight excluding hydrogens is 208 g/mol. The van der Waals surface area contributed by atoms with Gasteiger partial charge in [0.25, 0.3) is 0 Å². The van der Waals surface area contributed by atoms with Gasteiger partial charge < -0.3 is 14.2 Å². The number of hydrogen-bond donors (Lipinski definition) is 1. The van der Waals surface area contributed by atoms with Crippen LogP contribution in [0, 0.1) is 0 Å². The minimum Gasteiger partial charge on any atom is -0.479 e. The van der Waals surface area contributed by atoms with Crippen LogP contribution in [0.5, 0.6) is 5.75 Å². The number of pyridine rings is 1. The zero-order valence-corrected chi connectivity index (χ0v) is 8.83. The van der Waals surface area contributed by atoms with E-state index in [2.05, 4.69) is 4.98 Å². The number of fused-ring (bicyclic) bond motifs is 1. The van der Waals surface area contributed by atoms with Crippen LogP contribution in [0.2, 0.25) is 0 Å². The molecule has 0 aromatic carbocycles. The average Bonchev–Trinajstić information content (AvgIpc) is 2.73. The number of imidazole rings is 1. The van der Waals surface area contributed by atoms with Crippen molar-refractivity contribution < 1.29 is 14.6 Å². The molecule has 2 heterocycles. The van der Waals surface area contributed by atoms with Gasteiger partial charge in [0.05, 0.1) is 0 Å². The van der Waals surface area contributed by atoms with Crippen LogP contribution in [0.3, 0.4) is 0 Å². The predicted octanol–water partition coefficient (Wildman–Crippen LogP) is 1.58. The highest BCUT2D eigenvalue weighted by Gasteiger charge is 2.18. The molecular formula is C11H12N2O3. The standard InChI is InChI=1S/C11H12N2O3/c1-2-8(11(14)15)16-9-4-3-6-13-7-5-12-10(9)13/h3-8H,2H2,1H3,(H,14,15). The first-order valence-corrected chi connectivity index (χ1v) is 5.03. The Morgan fingerprint density at radius 2 is 2.44 bits per heavy atom. The molecule has 0 saturated heterocycles. The fourth-order valence-corrected chi connectivity index (χ4v) is 1.48. The number of nitrogens with zero attached hydrogens (tertiary/aromatic N) is 2. The second-order valence-electron chi connectivity index (χ2n) is 3.38. The van der Waals surface area contributed by atoms with Crippen LogP contribution in [0.15, 0.2) is 30.7 Å². The van der Waals surface area contributed by atoms with Crippen LogP contribution >= 0.6 is 0 Å². The van der Waals surface area contributed by atoms with E-state index in [0.717, 1.165) is 0 Å². The highest BCUT2D eigenvalue weighted by molar-refractivity contribution is 5.73. The Bertz CT molecular complexity index is 507. The van der Waals surface area contributed by atoms with Crippen molar-refractivity contribution in [2.24, 2.45) is 0 Å². The van der Waals surface area contributed by atoms with Crippen molar-refractivity contribution in [1.82, 2.24) is 9.38 Å². The summed E-state index contributed by atoms with van der Waals surface area (Å²) in [5.74, 6) is -0.474. The van der Waals surface area contributed by atoms with Gasteiger partial charge in [0.1, 0.15) is 0 Å². The van der Waals surface area contributed by atoms with E-state index in [-0.39, 0.29) is 0 Å². The van der Waals surface area contributed by atoms with Crippen molar-refractivity contribution in [2.45, 2.75) is 19.4 Å². The Balaban J connectivity index is 2.33. The van der Waals surface area contributed by atoms with Gasteiger partial charge in [-0.3, -0.25) is 0 Å². The number of rotatable bonds is 4. The maximum Gasteiger partial charge on any atom is 0.344 e. The van der Waals surface area contributed by atoms with Crippen LogP contribution in [0.4, 0.5) is 0 Å². The molecule has 0 spiro atoms. The molecule has 1 unspecified atom stereocenters. The van der Waals surface area contributed by atoms with Gasteiger partial charge >= 0.3 is 5.97 Å². The number of hydrogen-bond acceptors (Lipinski definition) is 3. The van der Waals surface area contributed by atoms with Crippen molar-refractivity contribution in [2.75, 3.05) is 0 Å². The lowest BCUT2D eigenvalue weighted by Crippen LogP contribution is -2.26. The van der Waals surface area contributed by atoms with Crippen molar-refractivity contribution in [3.8, 4) is 5.75 Å². The van der Waals surface area contributed by atoms with Crippen LogP contribution in [-0.2, 0) is 4.79 Å². The normalized spacial score (nSPS) is 12.6. The lowest BCUT2D eigenvalue weighted by molar-refractivity contribution is -0.145. The number of aliphatic carboxylic acids is 1. The minimum atomic E-state index is -0.962. The first-order valence-electron chi connectivity index (χ1n) is 5.03. The van der Waals surface area contributed by atoms with E-state index in [1.807, 2.05) is 6.20 Å². The van der Waals surface area contributed by atoms with Gasteiger partial charge in [-0.1, -0.05) is 6.92 Å². The molecule has 0 bridgehead atoms. The van der Waals surface area contributed by atoms with Gasteiger partial charge in [-0.25, -0.2) is 9.78 Å². The number of carbonyl (C=O) groups is 1. The fourth-order valence-electron chi connectivity index (χ4n) is 1.48. The van der Waals surface area contributed by atoms with Crippen LogP contribution in [0.25, 0.3) is 5.65 Å². The molecule has 16 heavy (non-hydrogen) atoms. The van der Waals surface area contributed by atoms with E-state index in [4.69, 9.17) is 9.84 Å². The molecule has 0 fully saturated rings. The highest BCUT2D eigenvalue weighted by atomic mass is 16.5.